The lowest BCUT2D eigenvalue weighted by Crippen LogP contribution is -2.34. The Labute approximate surface area is 180 Å². The number of amides is 2. The molecule has 0 saturated heterocycles. The van der Waals surface area contributed by atoms with Crippen molar-refractivity contribution in [2.45, 2.75) is 32.5 Å². The Bertz CT molecular complexity index is 1030. The highest BCUT2D eigenvalue weighted by Crippen LogP contribution is 2.19. The van der Waals surface area contributed by atoms with Crippen LogP contribution < -0.4 is 10.6 Å². The average Bonchev–Trinajstić information content (AvgIpc) is 3.08. The van der Waals surface area contributed by atoms with Crippen LogP contribution in [0.4, 0.5) is 5.69 Å². The Balaban J connectivity index is 1.49. The third-order valence-corrected chi connectivity index (χ3v) is 5.71. The Morgan fingerprint density at radius 1 is 0.967 bits per heavy atom. The van der Waals surface area contributed by atoms with Crippen molar-refractivity contribution in [2.24, 2.45) is 0 Å². The molecule has 0 unspecified atom stereocenters. The van der Waals surface area contributed by atoms with E-state index < -0.39 is 0 Å². The van der Waals surface area contributed by atoms with Crippen LogP contribution >= 0.6 is 11.8 Å². The van der Waals surface area contributed by atoms with Gasteiger partial charge in [0.1, 0.15) is 5.82 Å². The fraction of sp³-hybridized carbons (Fsp3) is 0.273. The Hall–Kier alpha value is -3.13. The summed E-state index contributed by atoms with van der Waals surface area (Å²) >= 11 is 1.30. The van der Waals surface area contributed by atoms with Crippen molar-refractivity contribution in [1.82, 2.24) is 20.1 Å². The van der Waals surface area contributed by atoms with Gasteiger partial charge < -0.3 is 15.2 Å². The topological polar surface area (TPSA) is 88.9 Å². The van der Waals surface area contributed by atoms with Crippen LogP contribution in [0.2, 0.25) is 0 Å². The number of carbonyl (C=O) groups is 2. The number of hydrogen-bond acceptors (Lipinski definition) is 5. The molecule has 0 saturated carbocycles. The third-order valence-electron chi connectivity index (χ3n) is 4.74. The van der Waals surface area contributed by atoms with Gasteiger partial charge >= 0.3 is 0 Å². The number of hydrogen-bond donors (Lipinski definition) is 2. The number of aromatic nitrogens is 3. The van der Waals surface area contributed by atoms with Crippen LogP contribution in [0.5, 0.6) is 0 Å². The van der Waals surface area contributed by atoms with Gasteiger partial charge in [0.2, 0.25) is 11.8 Å². The number of benzene rings is 2. The lowest BCUT2D eigenvalue weighted by Gasteiger charge is -2.11. The molecular formula is C22H25N5O2S. The SMILES string of the molecule is Cc1cccc(NC(=O)CNC(=O)CSc2nnc(C)n2Cc2ccccc2)c1C. The van der Waals surface area contributed by atoms with Crippen LogP contribution in [0.3, 0.4) is 0 Å². The first-order chi connectivity index (χ1) is 14.4. The molecule has 156 valence electrons. The van der Waals surface area contributed by atoms with Gasteiger partial charge in [-0.05, 0) is 43.5 Å². The molecule has 7 nitrogen and oxygen atoms in total. The lowest BCUT2D eigenvalue weighted by atomic mass is 10.1. The van der Waals surface area contributed by atoms with Gasteiger partial charge in [0.15, 0.2) is 5.16 Å². The van der Waals surface area contributed by atoms with Crippen LogP contribution in [0.25, 0.3) is 0 Å². The fourth-order valence-corrected chi connectivity index (χ4v) is 3.67. The quantitative estimate of drug-likeness (QED) is 0.544. The normalized spacial score (nSPS) is 10.6. The second-order valence-electron chi connectivity index (χ2n) is 6.96. The predicted molar refractivity (Wildman–Crippen MR) is 119 cm³/mol. The molecule has 0 aliphatic rings. The molecule has 0 radical (unpaired) electrons. The first kappa shape index (κ1) is 21.6. The Morgan fingerprint density at radius 3 is 2.50 bits per heavy atom. The summed E-state index contributed by atoms with van der Waals surface area (Å²) in [4.78, 5) is 24.4. The standard InChI is InChI=1S/C22H25N5O2S/c1-15-8-7-11-19(16(15)2)24-20(28)12-23-21(29)14-30-22-26-25-17(3)27(22)13-18-9-5-4-6-10-18/h4-11H,12-14H2,1-3H3,(H,23,29)(H,24,28). The van der Waals surface area contributed by atoms with Crippen molar-refractivity contribution in [3.8, 4) is 0 Å². The second kappa shape index (κ2) is 10.1. The molecule has 0 aliphatic carbocycles. The Morgan fingerprint density at radius 2 is 1.73 bits per heavy atom. The molecule has 0 aliphatic heterocycles. The molecule has 0 bridgehead atoms. The monoisotopic (exact) mass is 423 g/mol. The van der Waals surface area contributed by atoms with Crippen molar-refractivity contribution in [1.29, 1.82) is 0 Å². The van der Waals surface area contributed by atoms with Crippen molar-refractivity contribution < 1.29 is 9.59 Å². The molecule has 2 aromatic carbocycles. The van der Waals surface area contributed by atoms with E-state index >= 15 is 0 Å². The first-order valence-corrected chi connectivity index (χ1v) is 10.6. The smallest absolute Gasteiger partial charge is 0.243 e. The minimum atomic E-state index is -0.259. The first-order valence-electron chi connectivity index (χ1n) is 9.63. The van der Waals surface area contributed by atoms with Gasteiger partial charge in [-0.3, -0.25) is 9.59 Å². The van der Waals surface area contributed by atoms with Gasteiger partial charge in [-0.1, -0.05) is 54.2 Å². The number of aryl methyl sites for hydroxylation is 2. The number of rotatable bonds is 8. The molecule has 0 fully saturated rings. The minimum absolute atomic E-state index is 0.0808. The summed E-state index contributed by atoms with van der Waals surface area (Å²) in [6.07, 6.45) is 0. The molecule has 0 spiro atoms. The average molecular weight is 424 g/mol. The second-order valence-corrected chi connectivity index (χ2v) is 7.91. The predicted octanol–water partition coefficient (Wildman–Crippen LogP) is 3.10. The molecule has 2 amide bonds. The maximum absolute atomic E-state index is 12.2. The summed E-state index contributed by atoms with van der Waals surface area (Å²) in [5.74, 6) is 0.451. The van der Waals surface area contributed by atoms with Crippen molar-refractivity contribution in [3.63, 3.8) is 0 Å². The molecule has 30 heavy (non-hydrogen) atoms. The third kappa shape index (κ3) is 5.70. The molecule has 8 heteroatoms. The van der Waals surface area contributed by atoms with Crippen LogP contribution in [0.15, 0.2) is 53.7 Å². The molecule has 0 atom stereocenters. The number of anilines is 1. The summed E-state index contributed by atoms with van der Waals surface area (Å²) in [6.45, 7) is 6.39. The zero-order valence-corrected chi connectivity index (χ0v) is 18.1. The van der Waals surface area contributed by atoms with Crippen LogP contribution in [0, 0.1) is 20.8 Å². The number of thioether (sulfide) groups is 1. The summed E-state index contributed by atoms with van der Waals surface area (Å²) < 4.78 is 1.97. The molecule has 3 rings (SSSR count). The maximum atomic E-state index is 12.2. The molecular weight excluding hydrogens is 398 g/mol. The summed E-state index contributed by atoms with van der Waals surface area (Å²) in [7, 11) is 0. The van der Waals surface area contributed by atoms with E-state index in [9.17, 15) is 9.59 Å². The molecule has 3 aromatic rings. The van der Waals surface area contributed by atoms with Crippen molar-refractivity contribution in [2.75, 3.05) is 17.6 Å². The van der Waals surface area contributed by atoms with Crippen LogP contribution in [-0.4, -0.2) is 38.9 Å². The number of carbonyl (C=O) groups excluding carboxylic acids is 2. The molecule has 2 N–H and O–H groups in total. The van der Waals surface area contributed by atoms with Gasteiger partial charge in [0, 0.05) is 5.69 Å². The zero-order valence-electron chi connectivity index (χ0n) is 17.3. The largest absolute Gasteiger partial charge is 0.346 e. The van der Waals surface area contributed by atoms with Gasteiger partial charge in [-0.2, -0.15) is 0 Å². The minimum Gasteiger partial charge on any atom is -0.346 e. The lowest BCUT2D eigenvalue weighted by molar-refractivity contribution is -0.122. The number of nitrogens with one attached hydrogen (secondary N) is 2. The Kier molecular flexibility index (Phi) is 7.24. The summed E-state index contributed by atoms with van der Waals surface area (Å²) in [5.41, 5.74) is 4.01. The van der Waals surface area contributed by atoms with Gasteiger partial charge in [-0.25, -0.2) is 0 Å². The van der Waals surface area contributed by atoms with E-state index in [4.69, 9.17) is 0 Å². The van der Waals surface area contributed by atoms with E-state index in [0.717, 1.165) is 28.2 Å². The molecule has 1 aromatic heterocycles. The number of nitrogens with zero attached hydrogens (tertiary/aromatic N) is 3. The zero-order chi connectivity index (χ0) is 21.5. The maximum Gasteiger partial charge on any atom is 0.243 e. The van der Waals surface area contributed by atoms with Crippen LogP contribution in [-0.2, 0) is 16.1 Å². The summed E-state index contributed by atoms with van der Waals surface area (Å²) in [6, 6.07) is 15.7. The van der Waals surface area contributed by atoms with Crippen molar-refractivity contribution in [3.05, 3.63) is 71.0 Å². The van der Waals surface area contributed by atoms with E-state index in [2.05, 4.69) is 20.8 Å². The van der Waals surface area contributed by atoms with E-state index in [1.54, 1.807) is 0 Å². The van der Waals surface area contributed by atoms with Gasteiger partial charge in [0.25, 0.3) is 0 Å². The molecule has 1 heterocycles. The van der Waals surface area contributed by atoms with Crippen molar-refractivity contribution >= 4 is 29.3 Å². The fourth-order valence-electron chi connectivity index (χ4n) is 2.86. The van der Waals surface area contributed by atoms with E-state index in [0.29, 0.717) is 11.7 Å². The highest BCUT2D eigenvalue weighted by atomic mass is 32.2. The van der Waals surface area contributed by atoms with E-state index in [1.165, 1.54) is 11.8 Å². The van der Waals surface area contributed by atoms with E-state index in [1.807, 2.05) is 73.9 Å². The van der Waals surface area contributed by atoms with Crippen LogP contribution in [0.1, 0.15) is 22.5 Å². The van der Waals surface area contributed by atoms with Gasteiger partial charge in [0.05, 0.1) is 18.8 Å². The highest BCUT2D eigenvalue weighted by molar-refractivity contribution is 7.99. The summed E-state index contributed by atoms with van der Waals surface area (Å²) in [5, 5.41) is 14.5. The van der Waals surface area contributed by atoms with Gasteiger partial charge in [-0.15, -0.1) is 10.2 Å². The highest BCUT2D eigenvalue weighted by Gasteiger charge is 2.13. The van der Waals surface area contributed by atoms with E-state index in [-0.39, 0.29) is 24.1 Å².